The number of halogens is 2. The minimum absolute atomic E-state index is 0.568. The van der Waals surface area contributed by atoms with Gasteiger partial charge >= 0.3 is 0 Å². The van der Waals surface area contributed by atoms with Crippen LogP contribution >= 0.6 is 23.2 Å². The lowest BCUT2D eigenvalue weighted by atomic mass is 10.0. The van der Waals surface area contributed by atoms with Crippen molar-refractivity contribution in [1.82, 2.24) is 0 Å². The molecule has 0 amide bonds. The van der Waals surface area contributed by atoms with E-state index in [1.807, 2.05) is 30.3 Å². The van der Waals surface area contributed by atoms with E-state index < -0.39 is 0 Å². The molecule has 20 heavy (non-hydrogen) atoms. The topological polar surface area (TPSA) is 0 Å². The average molecular weight is 309 g/mol. The van der Waals surface area contributed by atoms with Gasteiger partial charge in [-0.1, -0.05) is 75.2 Å². The Hall–Kier alpha value is -0.980. The molecule has 2 aromatic rings. The maximum absolute atomic E-state index is 5.79. The fraction of sp³-hybridized carbons (Fsp3) is 0.333. The van der Waals surface area contributed by atoms with Gasteiger partial charge in [0, 0.05) is 10.0 Å². The molecule has 0 saturated carbocycles. The van der Waals surface area contributed by atoms with Crippen LogP contribution in [0.4, 0.5) is 0 Å². The summed E-state index contributed by atoms with van der Waals surface area (Å²) in [6.45, 7) is 8.66. The molecule has 0 aliphatic rings. The van der Waals surface area contributed by atoms with Gasteiger partial charge in [0.15, 0.2) is 0 Å². The molecule has 0 unspecified atom stereocenters. The smallest absolute Gasteiger partial charge is 0.0408 e. The third-order valence-corrected chi connectivity index (χ3v) is 3.54. The SMILES string of the molecule is CC(C)c1ccc(Cl)cc1.CC(C)c1cccc(Cl)c1. The second-order valence-corrected chi connectivity index (χ2v) is 6.29. The van der Waals surface area contributed by atoms with Crippen molar-refractivity contribution in [2.45, 2.75) is 39.5 Å². The van der Waals surface area contributed by atoms with E-state index in [0.29, 0.717) is 11.8 Å². The Kier molecular flexibility index (Phi) is 7.12. The molecule has 0 atom stereocenters. The molecule has 0 bridgehead atoms. The third-order valence-electron chi connectivity index (χ3n) is 3.05. The molecular weight excluding hydrogens is 287 g/mol. The largest absolute Gasteiger partial charge is 0.0843 e. The summed E-state index contributed by atoms with van der Waals surface area (Å²) in [6, 6.07) is 16.0. The monoisotopic (exact) mass is 308 g/mol. The molecule has 0 fully saturated rings. The Balaban J connectivity index is 0.000000200. The van der Waals surface area contributed by atoms with Crippen molar-refractivity contribution in [3.8, 4) is 0 Å². The standard InChI is InChI=1S/2C9H11Cl/c1-7(2)8-3-5-9(10)6-4-8;1-7(2)8-4-3-5-9(10)6-8/h2*3-7H,1-2H3. The van der Waals surface area contributed by atoms with Crippen molar-refractivity contribution in [1.29, 1.82) is 0 Å². The van der Waals surface area contributed by atoms with Crippen molar-refractivity contribution in [2.75, 3.05) is 0 Å². The lowest BCUT2D eigenvalue weighted by molar-refractivity contribution is 0.867. The molecule has 0 nitrogen and oxygen atoms in total. The molecule has 2 heteroatoms. The molecule has 108 valence electrons. The molecule has 0 heterocycles. The first kappa shape index (κ1) is 17.1. The van der Waals surface area contributed by atoms with E-state index >= 15 is 0 Å². The second kappa shape index (κ2) is 8.34. The van der Waals surface area contributed by atoms with Gasteiger partial charge in [-0.05, 0) is 47.2 Å². The Morgan fingerprint density at radius 2 is 1.20 bits per heavy atom. The van der Waals surface area contributed by atoms with Gasteiger partial charge in [0.25, 0.3) is 0 Å². The van der Waals surface area contributed by atoms with Gasteiger partial charge in [0.1, 0.15) is 0 Å². The van der Waals surface area contributed by atoms with Crippen LogP contribution in [-0.4, -0.2) is 0 Å². The van der Waals surface area contributed by atoms with Crippen LogP contribution in [0.25, 0.3) is 0 Å². The van der Waals surface area contributed by atoms with Crippen LogP contribution < -0.4 is 0 Å². The summed E-state index contributed by atoms with van der Waals surface area (Å²) in [5, 5.41) is 1.63. The highest BCUT2D eigenvalue weighted by Crippen LogP contribution is 2.18. The molecule has 0 aliphatic heterocycles. The summed E-state index contributed by atoms with van der Waals surface area (Å²) in [5.74, 6) is 1.16. The van der Waals surface area contributed by atoms with E-state index in [0.717, 1.165) is 10.0 Å². The van der Waals surface area contributed by atoms with Crippen LogP contribution in [0.2, 0.25) is 10.0 Å². The third kappa shape index (κ3) is 5.98. The minimum Gasteiger partial charge on any atom is -0.0843 e. The zero-order chi connectivity index (χ0) is 15.1. The lowest BCUT2D eigenvalue weighted by Crippen LogP contribution is -1.84. The van der Waals surface area contributed by atoms with Crippen LogP contribution in [0.3, 0.4) is 0 Å². The molecule has 0 aliphatic carbocycles. The fourth-order valence-corrected chi connectivity index (χ4v) is 2.04. The first-order valence-corrected chi connectivity index (χ1v) is 7.66. The Morgan fingerprint density at radius 3 is 1.60 bits per heavy atom. The first-order valence-electron chi connectivity index (χ1n) is 6.91. The van der Waals surface area contributed by atoms with Gasteiger partial charge in [0.05, 0.1) is 0 Å². The van der Waals surface area contributed by atoms with Gasteiger partial charge in [-0.15, -0.1) is 0 Å². The lowest BCUT2D eigenvalue weighted by Gasteiger charge is -2.03. The maximum atomic E-state index is 5.79. The molecule has 0 N–H and O–H groups in total. The predicted octanol–water partition coefficient (Wildman–Crippen LogP) is 6.93. The van der Waals surface area contributed by atoms with E-state index in [4.69, 9.17) is 23.2 Å². The van der Waals surface area contributed by atoms with Crippen molar-refractivity contribution in [3.05, 3.63) is 69.7 Å². The highest BCUT2D eigenvalue weighted by Gasteiger charge is 1.97. The van der Waals surface area contributed by atoms with Crippen LogP contribution in [0, 0.1) is 0 Å². The van der Waals surface area contributed by atoms with E-state index in [-0.39, 0.29) is 0 Å². The molecule has 0 saturated heterocycles. The highest BCUT2D eigenvalue weighted by atomic mass is 35.5. The Morgan fingerprint density at radius 1 is 0.650 bits per heavy atom. The van der Waals surface area contributed by atoms with E-state index in [9.17, 15) is 0 Å². The van der Waals surface area contributed by atoms with Crippen molar-refractivity contribution >= 4 is 23.2 Å². The Bertz CT molecular complexity index is 513. The maximum Gasteiger partial charge on any atom is 0.0408 e. The van der Waals surface area contributed by atoms with E-state index in [1.165, 1.54) is 11.1 Å². The van der Waals surface area contributed by atoms with Gasteiger partial charge < -0.3 is 0 Å². The van der Waals surface area contributed by atoms with Gasteiger partial charge in [0.2, 0.25) is 0 Å². The number of hydrogen-bond acceptors (Lipinski definition) is 0. The molecular formula is C18H22Cl2. The normalized spacial score (nSPS) is 10.4. The van der Waals surface area contributed by atoms with Crippen LogP contribution in [0.15, 0.2) is 48.5 Å². The predicted molar refractivity (Wildman–Crippen MR) is 91.1 cm³/mol. The second-order valence-electron chi connectivity index (χ2n) is 5.42. The van der Waals surface area contributed by atoms with Crippen LogP contribution in [-0.2, 0) is 0 Å². The van der Waals surface area contributed by atoms with Crippen LogP contribution in [0.1, 0.15) is 50.7 Å². The van der Waals surface area contributed by atoms with E-state index in [1.54, 1.807) is 0 Å². The number of rotatable bonds is 2. The molecule has 2 rings (SSSR count). The summed E-state index contributed by atoms with van der Waals surface area (Å²) in [4.78, 5) is 0. The summed E-state index contributed by atoms with van der Waals surface area (Å²) >= 11 is 11.5. The molecule has 2 aromatic carbocycles. The van der Waals surface area contributed by atoms with Crippen molar-refractivity contribution in [2.24, 2.45) is 0 Å². The van der Waals surface area contributed by atoms with E-state index in [2.05, 4.69) is 45.9 Å². The van der Waals surface area contributed by atoms with Gasteiger partial charge in [-0.25, -0.2) is 0 Å². The molecule has 0 radical (unpaired) electrons. The highest BCUT2D eigenvalue weighted by molar-refractivity contribution is 6.30. The van der Waals surface area contributed by atoms with Crippen LogP contribution in [0.5, 0.6) is 0 Å². The zero-order valence-corrected chi connectivity index (χ0v) is 14.0. The number of benzene rings is 2. The summed E-state index contributed by atoms with van der Waals surface area (Å²) < 4.78 is 0. The van der Waals surface area contributed by atoms with Gasteiger partial charge in [-0.3, -0.25) is 0 Å². The summed E-state index contributed by atoms with van der Waals surface area (Å²) in [7, 11) is 0. The average Bonchev–Trinajstić information content (AvgIpc) is 2.40. The summed E-state index contributed by atoms with van der Waals surface area (Å²) in [5.41, 5.74) is 2.64. The minimum atomic E-state index is 0.568. The van der Waals surface area contributed by atoms with Crippen molar-refractivity contribution in [3.63, 3.8) is 0 Å². The fourth-order valence-electron chi connectivity index (χ4n) is 1.71. The van der Waals surface area contributed by atoms with Crippen molar-refractivity contribution < 1.29 is 0 Å². The van der Waals surface area contributed by atoms with Gasteiger partial charge in [-0.2, -0.15) is 0 Å². The molecule has 0 aromatic heterocycles. The summed E-state index contributed by atoms with van der Waals surface area (Å²) in [6.07, 6.45) is 0. The zero-order valence-electron chi connectivity index (χ0n) is 12.5. The Labute approximate surface area is 132 Å². The quantitative estimate of drug-likeness (QED) is 0.564. The molecule has 0 spiro atoms. The number of hydrogen-bond donors (Lipinski definition) is 0. The first-order chi connectivity index (χ1) is 9.40.